The van der Waals surface area contributed by atoms with Crippen molar-refractivity contribution in [2.45, 2.75) is 104 Å². The summed E-state index contributed by atoms with van der Waals surface area (Å²) in [5, 5.41) is 0. The van der Waals surface area contributed by atoms with Crippen LogP contribution in [0.5, 0.6) is 0 Å². The monoisotopic (exact) mass is 380 g/mol. The van der Waals surface area contributed by atoms with Gasteiger partial charge in [-0.25, -0.2) is 0 Å². The Morgan fingerprint density at radius 1 is 0.333 bits per heavy atom. The molecule has 2 aromatic rings. The van der Waals surface area contributed by atoms with E-state index < -0.39 is 0 Å². The van der Waals surface area contributed by atoms with E-state index in [0.29, 0.717) is 0 Å². The summed E-state index contributed by atoms with van der Waals surface area (Å²) < 4.78 is 0. The Morgan fingerprint density at radius 2 is 0.481 bits per heavy atom. The first-order chi connectivity index (χ1) is 12.8. The molecule has 0 amide bonds. The second kappa shape index (κ2) is 64.4. The number of aryl methyl sites for hydroxylation is 2. The van der Waals surface area contributed by atoms with Gasteiger partial charge in [0, 0.05) is 0 Å². The van der Waals surface area contributed by atoms with Crippen molar-refractivity contribution in [3.05, 3.63) is 71.8 Å². The summed E-state index contributed by atoms with van der Waals surface area (Å²) in [6, 6.07) is 20.5. The molecule has 0 atom stereocenters. The first kappa shape index (κ1) is 44.7. The number of hydrogen-bond donors (Lipinski definition) is 0. The second-order valence-electron chi connectivity index (χ2n) is 3.31. The fourth-order valence-corrected chi connectivity index (χ4v) is 1.07. The lowest BCUT2D eigenvalue weighted by atomic mass is 10.2. The van der Waals surface area contributed by atoms with E-state index in [1.807, 2.05) is 119 Å². The molecule has 27 heavy (non-hydrogen) atoms. The molecule has 0 saturated heterocycles. The third-order valence-electron chi connectivity index (χ3n) is 1.88. The highest BCUT2D eigenvalue weighted by atomic mass is 13.8. The Kier molecular flexibility index (Phi) is 107. The van der Waals surface area contributed by atoms with Crippen molar-refractivity contribution in [3.8, 4) is 0 Å². The zero-order valence-electron chi connectivity index (χ0n) is 20.8. The molecule has 0 radical (unpaired) electrons. The van der Waals surface area contributed by atoms with Gasteiger partial charge < -0.3 is 0 Å². The Balaban J connectivity index is -0.0000000376. The minimum atomic E-state index is 0. The van der Waals surface area contributed by atoms with Crippen LogP contribution in [0, 0.1) is 13.8 Å². The van der Waals surface area contributed by atoms with Crippen LogP contribution < -0.4 is 0 Å². The van der Waals surface area contributed by atoms with E-state index in [4.69, 9.17) is 0 Å². The molecule has 0 aliphatic heterocycles. The molecule has 0 bridgehead atoms. The van der Waals surface area contributed by atoms with Crippen LogP contribution in [0.3, 0.4) is 0 Å². The van der Waals surface area contributed by atoms with Gasteiger partial charge in [0.1, 0.15) is 0 Å². The van der Waals surface area contributed by atoms with Crippen LogP contribution >= 0.6 is 0 Å². The fraction of sp³-hybridized carbons (Fsp3) is 0.556. The van der Waals surface area contributed by atoms with E-state index in [0.717, 1.165) is 0 Å². The lowest BCUT2D eigenvalue weighted by molar-refractivity contribution is 1.48. The summed E-state index contributed by atoms with van der Waals surface area (Å²) in [5.74, 6) is 0. The molecule has 0 saturated carbocycles. The third kappa shape index (κ3) is 59.0. The Morgan fingerprint density at radius 3 is 0.556 bits per heavy atom. The summed E-state index contributed by atoms with van der Waals surface area (Å²) in [7, 11) is 0. The van der Waals surface area contributed by atoms with Gasteiger partial charge in [0.2, 0.25) is 0 Å². The van der Waals surface area contributed by atoms with Gasteiger partial charge in [0.25, 0.3) is 0 Å². The molecule has 0 N–H and O–H groups in total. The van der Waals surface area contributed by atoms with Crippen molar-refractivity contribution in [3.63, 3.8) is 0 Å². The quantitative estimate of drug-likeness (QED) is 0.426. The van der Waals surface area contributed by atoms with E-state index in [-0.39, 0.29) is 7.43 Å². The largest absolute Gasteiger partial charge is 0.0776 e. The average Bonchev–Trinajstić information content (AvgIpc) is 2.78. The van der Waals surface area contributed by atoms with Crippen molar-refractivity contribution in [2.24, 2.45) is 0 Å². The predicted molar refractivity (Wildman–Crippen MR) is 137 cm³/mol. The van der Waals surface area contributed by atoms with Gasteiger partial charge in [-0.15, -0.1) is 0 Å². The third-order valence-corrected chi connectivity index (χ3v) is 1.88. The van der Waals surface area contributed by atoms with E-state index in [1.165, 1.54) is 11.1 Å². The highest BCUT2D eigenvalue weighted by molar-refractivity contribution is 5.12. The van der Waals surface area contributed by atoms with Crippen molar-refractivity contribution >= 4 is 0 Å². The second-order valence-corrected chi connectivity index (χ2v) is 3.31. The number of hydrogen-bond acceptors (Lipinski definition) is 0. The molecular formula is C27H56. The molecule has 0 nitrogen and oxygen atoms in total. The lowest BCUT2D eigenvalue weighted by Gasteiger charge is -1.82. The highest BCUT2D eigenvalue weighted by Gasteiger charge is 1.72. The Hall–Kier alpha value is -1.56. The van der Waals surface area contributed by atoms with Crippen LogP contribution in [0.15, 0.2) is 60.7 Å². The first-order valence-corrected chi connectivity index (χ1v) is 10.8. The lowest BCUT2D eigenvalue weighted by Crippen LogP contribution is -1.62. The van der Waals surface area contributed by atoms with E-state index in [9.17, 15) is 0 Å². The molecule has 0 fully saturated rings. The summed E-state index contributed by atoms with van der Waals surface area (Å²) in [5.41, 5.74) is 2.64. The summed E-state index contributed by atoms with van der Waals surface area (Å²) >= 11 is 0. The molecule has 2 rings (SSSR count). The minimum Gasteiger partial charge on any atom is -0.0776 e. The van der Waals surface area contributed by atoms with Crippen molar-refractivity contribution < 1.29 is 0 Å². The van der Waals surface area contributed by atoms with Crippen molar-refractivity contribution in [1.29, 1.82) is 0 Å². The van der Waals surface area contributed by atoms with Crippen LogP contribution in [0.25, 0.3) is 0 Å². The van der Waals surface area contributed by atoms with Gasteiger partial charge in [-0.2, -0.15) is 0 Å². The molecule has 164 valence electrons. The molecule has 0 aromatic heterocycles. The molecule has 0 spiro atoms. The molecule has 0 unspecified atom stereocenters. The van der Waals surface area contributed by atoms with Crippen molar-refractivity contribution in [2.75, 3.05) is 0 Å². The van der Waals surface area contributed by atoms with E-state index in [1.54, 1.807) is 0 Å². The average molecular weight is 381 g/mol. The minimum absolute atomic E-state index is 0. The summed E-state index contributed by atoms with van der Waals surface area (Å²) in [6.45, 7) is 28.2. The summed E-state index contributed by atoms with van der Waals surface area (Å²) in [4.78, 5) is 0. The number of rotatable bonds is 0. The molecule has 0 heterocycles. The normalized spacial score (nSPS) is 5.85. The fourth-order valence-electron chi connectivity index (χ4n) is 1.07. The standard InChI is InChI=1S/2C7H8.6C2H6.CH4/c2*1-7-5-3-2-4-6-7;6*1-2;/h2*2-6H,1H3;6*1-2H3;1H4. The van der Waals surface area contributed by atoms with E-state index in [2.05, 4.69) is 38.1 Å². The van der Waals surface area contributed by atoms with Crippen molar-refractivity contribution in [1.82, 2.24) is 0 Å². The maximum absolute atomic E-state index is 2.08. The zero-order valence-corrected chi connectivity index (χ0v) is 20.8. The highest BCUT2D eigenvalue weighted by Crippen LogP contribution is 1.92. The SMILES string of the molecule is C.CC.CC.CC.CC.CC.CC.Cc1ccccc1.Cc1ccccc1. The van der Waals surface area contributed by atoms with E-state index >= 15 is 0 Å². The molecular weight excluding hydrogens is 324 g/mol. The molecule has 0 aliphatic rings. The van der Waals surface area contributed by atoms with Gasteiger partial charge in [-0.1, -0.05) is 162 Å². The Bertz CT molecular complexity index is 297. The van der Waals surface area contributed by atoms with Crippen LogP contribution in [-0.2, 0) is 0 Å². The zero-order chi connectivity index (χ0) is 22.2. The van der Waals surface area contributed by atoms with Gasteiger partial charge in [-0.05, 0) is 13.8 Å². The van der Waals surface area contributed by atoms with Crippen LogP contribution in [0.2, 0.25) is 0 Å². The molecule has 0 aliphatic carbocycles. The Labute approximate surface area is 176 Å². The first-order valence-electron chi connectivity index (χ1n) is 10.8. The topological polar surface area (TPSA) is 0 Å². The van der Waals surface area contributed by atoms with Gasteiger partial charge in [-0.3, -0.25) is 0 Å². The molecule has 2 aromatic carbocycles. The van der Waals surface area contributed by atoms with Gasteiger partial charge in [0.15, 0.2) is 0 Å². The van der Waals surface area contributed by atoms with Crippen LogP contribution in [-0.4, -0.2) is 0 Å². The van der Waals surface area contributed by atoms with Crippen LogP contribution in [0.4, 0.5) is 0 Å². The number of benzene rings is 2. The van der Waals surface area contributed by atoms with Gasteiger partial charge in [0.05, 0.1) is 0 Å². The van der Waals surface area contributed by atoms with Gasteiger partial charge >= 0.3 is 0 Å². The molecule has 0 heteroatoms. The predicted octanol–water partition coefficient (Wildman–Crippen LogP) is 10.8. The maximum Gasteiger partial charge on any atom is -0.0398 e. The smallest absolute Gasteiger partial charge is 0.0398 e. The summed E-state index contributed by atoms with van der Waals surface area (Å²) in [6.07, 6.45) is 0. The maximum atomic E-state index is 2.08. The van der Waals surface area contributed by atoms with Crippen LogP contribution in [0.1, 0.15) is 102 Å².